The Kier molecular flexibility index (Phi) is 11.3. The number of aromatic amines is 1. The van der Waals surface area contributed by atoms with E-state index >= 15 is 4.39 Å². The first kappa shape index (κ1) is 34.1. The molecule has 0 spiro atoms. The number of benzene rings is 2. The Morgan fingerprint density at radius 2 is 1.93 bits per heavy atom. The lowest BCUT2D eigenvalue weighted by Gasteiger charge is -2.19. The zero-order valence-corrected chi connectivity index (χ0v) is 26.6. The Morgan fingerprint density at radius 1 is 1.20 bits per heavy atom. The number of fused-ring (bicyclic) bond motifs is 1. The van der Waals surface area contributed by atoms with E-state index < -0.39 is 27.6 Å². The Labute approximate surface area is 265 Å². The number of H-pyrrole nitrogens is 1. The highest BCUT2D eigenvalue weighted by Gasteiger charge is 2.16. The van der Waals surface area contributed by atoms with Crippen molar-refractivity contribution in [2.45, 2.75) is 51.4 Å². The summed E-state index contributed by atoms with van der Waals surface area (Å²) in [5.41, 5.74) is 14.1. The molecule has 242 valence electrons. The van der Waals surface area contributed by atoms with Crippen molar-refractivity contribution in [1.29, 1.82) is 5.41 Å². The van der Waals surface area contributed by atoms with E-state index in [0.717, 1.165) is 30.2 Å². The number of sulfonamides is 1. The van der Waals surface area contributed by atoms with Gasteiger partial charge in [-0.05, 0) is 74.1 Å². The van der Waals surface area contributed by atoms with Gasteiger partial charge in [0.1, 0.15) is 5.65 Å². The van der Waals surface area contributed by atoms with Crippen molar-refractivity contribution in [3.8, 4) is 16.9 Å². The SMILES string of the molecule is C[C@H](N)CCCc1cc(Cl)c(F)c(-c2cc3cn(-c4ccc(CO[C@H](CCNS(C)(=O)=O)CNC(=N)N)cc4)c(=O)nc3[nH]2)c1. The van der Waals surface area contributed by atoms with Crippen LogP contribution in [0.2, 0.25) is 5.02 Å². The zero-order chi connectivity index (χ0) is 32.7. The molecule has 0 fully saturated rings. The minimum absolute atomic E-state index is 0.0190. The maximum Gasteiger partial charge on any atom is 0.354 e. The maximum absolute atomic E-state index is 15.1. The molecule has 12 nitrogen and oxygen atoms in total. The normalized spacial score (nSPS) is 13.2. The van der Waals surface area contributed by atoms with Crippen LogP contribution in [0.1, 0.15) is 37.3 Å². The summed E-state index contributed by atoms with van der Waals surface area (Å²) in [4.78, 5) is 20.2. The molecule has 2 aromatic heterocycles. The largest absolute Gasteiger partial charge is 0.372 e. The lowest BCUT2D eigenvalue weighted by Crippen LogP contribution is -2.39. The van der Waals surface area contributed by atoms with Gasteiger partial charge in [0.2, 0.25) is 10.0 Å². The minimum Gasteiger partial charge on any atom is -0.372 e. The molecular formula is C30H38ClFN8O4S. The van der Waals surface area contributed by atoms with Gasteiger partial charge in [-0.15, -0.1) is 0 Å². The molecule has 0 saturated heterocycles. The molecule has 45 heavy (non-hydrogen) atoms. The summed E-state index contributed by atoms with van der Waals surface area (Å²) in [6.07, 6.45) is 5.04. The van der Waals surface area contributed by atoms with Crippen LogP contribution in [-0.2, 0) is 27.8 Å². The fraction of sp³-hybridized carbons (Fsp3) is 0.367. The van der Waals surface area contributed by atoms with Gasteiger partial charge in [0.15, 0.2) is 11.8 Å². The maximum atomic E-state index is 15.1. The van der Waals surface area contributed by atoms with Crippen molar-refractivity contribution in [2.24, 2.45) is 11.5 Å². The molecule has 4 rings (SSSR count). The van der Waals surface area contributed by atoms with Crippen LogP contribution in [0.15, 0.2) is 53.5 Å². The fourth-order valence-electron chi connectivity index (χ4n) is 4.78. The monoisotopic (exact) mass is 660 g/mol. The van der Waals surface area contributed by atoms with Gasteiger partial charge in [0.05, 0.1) is 35.4 Å². The van der Waals surface area contributed by atoms with Crippen LogP contribution in [0.25, 0.3) is 28.0 Å². The van der Waals surface area contributed by atoms with E-state index in [9.17, 15) is 13.2 Å². The van der Waals surface area contributed by atoms with Crippen molar-refractivity contribution in [1.82, 2.24) is 24.6 Å². The molecule has 0 aliphatic carbocycles. The van der Waals surface area contributed by atoms with Crippen molar-refractivity contribution in [2.75, 3.05) is 19.3 Å². The lowest BCUT2D eigenvalue weighted by molar-refractivity contribution is 0.0391. The topological polar surface area (TPSA) is 194 Å². The van der Waals surface area contributed by atoms with Crippen molar-refractivity contribution in [3.05, 3.63) is 81.1 Å². The van der Waals surface area contributed by atoms with Crippen LogP contribution in [0.3, 0.4) is 0 Å². The molecule has 0 unspecified atom stereocenters. The summed E-state index contributed by atoms with van der Waals surface area (Å²) in [7, 11) is -3.34. The number of ether oxygens (including phenoxy) is 1. The summed E-state index contributed by atoms with van der Waals surface area (Å²) in [6.45, 7) is 2.54. The van der Waals surface area contributed by atoms with Gasteiger partial charge in [-0.3, -0.25) is 9.98 Å². The van der Waals surface area contributed by atoms with Gasteiger partial charge in [0, 0.05) is 36.3 Å². The second-order valence-corrected chi connectivity index (χ2v) is 13.3. The van der Waals surface area contributed by atoms with Gasteiger partial charge in [0.25, 0.3) is 0 Å². The zero-order valence-electron chi connectivity index (χ0n) is 25.1. The van der Waals surface area contributed by atoms with Gasteiger partial charge < -0.3 is 26.5 Å². The summed E-state index contributed by atoms with van der Waals surface area (Å²) in [5, 5.41) is 10.7. The summed E-state index contributed by atoms with van der Waals surface area (Å²) < 4.78 is 47.6. The van der Waals surface area contributed by atoms with Crippen LogP contribution in [0.5, 0.6) is 0 Å². The molecular weight excluding hydrogens is 623 g/mol. The van der Waals surface area contributed by atoms with Crippen LogP contribution in [0, 0.1) is 11.2 Å². The van der Waals surface area contributed by atoms with Crippen molar-refractivity contribution in [3.63, 3.8) is 0 Å². The van der Waals surface area contributed by atoms with E-state index in [4.69, 9.17) is 33.2 Å². The van der Waals surface area contributed by atoms with Gasteiger partial charge in [-0.2, -0.15) is 4.98 Å². The molecule has 0 amide bonds. The molecule has 15 heteroatoms. The summed E-state index contributed by atoms with van der Waals surface area (Å²) in [5.74, 6) is -0.775. The minimum atomic E-state index is -3.34. The Balaban J connectivity index is 1.50. The molecule has 2 aromatic carbocycles. The molecule has 8 N–H and O–H groups in total. The van der Waals surface area contributed by atoms with Crippen molar-refractivity contribution >= 4 is 38.6 Å². The van der Waals surface area contributed by atoms with E-state index in [1.54, 1.807) is 48.7 Å². The fourth-order valence-corrected chi connectivity index (χ4v) is 5.51. The van der Waals surface area contributed by atoms with E-state index in [1.807, 2.05) is 6.92 Å². The first-order valence-electron chi connectivity index (χ1n) is 14.4. The molecule has 0 radical (unpaired) electrons. The molecule has 0 bridgehead atoms. The van der Waals surface area contributed by atoms with Crippen LogP contribution in [-0.4, -0.2) is 60.4 Å². The summed E-state index contributed by atoms with van der Waals surface area (Å²) >= 11 is 6.23. The number of nitrogens with two attached hydrogens (primary N) is 2. The van der Waals surface area contributed by atoms with Gasteiger partial charge >= 0.3 is 5.69 Å². The third-order valence-corrected chi connectivity index (χ3v) is 8.07. The number of aromatic nitrogens is 3. The number of nitrogens with one attached hydrogen (secondary N) is 4. The number of hydrogen-bond donors (Lipinski definition) is 6. The first-order valence-corrected chi connectivity index (χ1v) is 16.7. The Bertz CT molecular complexity index is 1810. The van der Waals surface area contributed by atoms with Gasteiger partial charge in [-0.25, -0.2) is 22.3 Å². The Morgan fingerprint density at radius 3 is 2.60 bits per heavy atom. The average molecular weight is 661 g/mol. The number of halogens is 2. The molecule has 2 heterocycles. The second-order valence-electron chi connectivity index (χ2n) is 11.0. The highest BCUT2D eigenvalue weighted by atomic mass is 35.5. The van der Waals surface area contributed by atoms with Gasteiger partial charge in [-0.1, -0.05) is 23.7 Å². The second kappa shape index (κ2) is 15.0. The molecule has 2 atom stereocenters. The third kappa shape index (κ3) is 9.83. The van der Waals surface area contributed by atoms with Crippen LogP contribution < -0.4 is 27.2 Å². The summed E-state index contributed by atoms with van der Waals surface area (Å²) in [6, 6.07) is 12.3. The van der Waals surface area contributed by atoms with E-state index in [0.29, 0.717) is 40.8 Å². The first-order chi connectivity index (χ1) is 21.3. The highest BCUT2D eigenvalue weighted by molar-refractivity contribution is 7.88. The lowest BCUT2D eigenvalue weighted by atomic mass is 10.0. The number of hydrogen-bond acceptors (Lipinski definition) is 7. The quantitative estimate of drug-likeness (QED) is 0.0826. The van der Waals surface area contributed by atoms with Crippen molar-refractivity contribution < 1.29 is 17.5 Å². The highest BCUT2D eigenvalue weighted by Crippen LogP contribution is 2.31. The number of aryl methyl sites for hydroxylation is 1. The molecule has 0 saturated carbocycles. The standard InChI is InChI=1S/C30H38ClFN8O4S/c1-18(33)4-3-5-20-12-24(27(32)25(31)13-20)26-14-21-16-40(30(41)39-28(21)38-26)22-8-6-19(7-9-22)17-44-23(15-36-29(34)35)10-11-37-45(2,42)43/h6-9,12-14,16,18,23,37H,3-5,10-11,15,17,33H2,1-2H3,(H4,34,35,36)(H,38,39,41)/t18-,23+/m0/s1. The average Bonchev–Trinajstić information content (AvgIpc) is 3.37. The van der Waals surface area contributed by atoms with Crippen LogP contribution in [0.4, 0.5) is 4.39 Å². The van der Waals surface area contributed by atoms with Crippen LogP contribution >= 0.6 is 11.6 Å². The predicted octanol–water partition coefficient (Wildman–Crippen LogP) is 3.15. The molecule has 0 aliphatic rings. The third-order valence-electron chi connectivity index (χ3n) is 7.06. The van der Waals surface area contributed by atoms with E-state index in [2.05, 4.69) is 20.0 Å². The number of rotatable bonds is 15. The number of guanidine groups is 1. The smallest absolute Gasteiger partial charge is 0.354 e. The molecule has 0 aliphatic heterocycles. The van der Waals surface area contributed by atoms with E-state index in [1.165, 1.54) is 4.57 Å². The predicted molar refractivity (Wildman–Crippen MR) is 175 cm³/mol. The van der Waals surface area contributed by atoms with E-state index in [-0.39, 0.29) is 36.7 Å². The number of nitrogens with zero attached hydrogens (tertiary/aromatic N) is 2. The molecule has 4 aromatic rings. The Hall–Kier alpha value is -3.82.